The molecule has 0 unspecified atom stereocenters. The molecule has 0 saturated heterocycles. The second kappa shape index (κ2) is 6.48. The number of esters is 1. The van der Waals surface area contributed by atoms with E-state index in [2.05, 4.69) is 4.98 Å². The molecule has 3 rings (SSSR count). The number of hydrogen-bond acceptors (Lipinski definition) is 4. The van der Waals surface area contributed by atoms with Crippen molar-refractivity contribution in [3.05, 3.63) is 65.7 Å². The van der Waals surface area contributed by atoms with Crippen LogP contribution in [0.5, 0.6) is 0 Å². The summed E-state index contributed by atoms with van der Waals surface area (Å²) in [6.07, 6.45) is 1.86. The molecule has 4 heteroatoms. The molecule has 0 aliphatic heterocycles. The summed E-state index contributed by atoms with van der Waals surface area (Å²) in [6, 6.07) is 15.4. The van der Waals surface area contributed by atoms with Crippen LogP contribution in [0.4, 0.5) is 0 Å². The maximum absolute atomic E-state index is 11.6. The lowest BCUT2D eigenvalue weighted by molar-refractivity contribution is 0.0489. The summed E-state index contributed by atoms with van der Waals surface area (Å²) in [5, 5.41) is 1.10. The first-order chi connectivity index (χ1) is 11.2. The first-order valence-corrected chi connectivity index (χ1v) is 7.49. The lowest BCUT2D eigenvalue weighted by Gasteiger charge is -2.03. The molecular formula is C19H17NO3. The number of fused-ring (bicyclic) bond motifs is 1. The van der Waals surface area contributed by atoms with Crippen LogP contribution in [0.1, 0.15) is 35.9 Å². The van der Waals surface area contributed by atoms with Crippen LogP contribution in [-0.4, -0.2) is 17.6 Å². The predicted octanol–water partition coefficient (Wildman–Crippen LogP) is 4.57. The van der Waals surface area contributed by atoms with E-state index in [1.165, 1.54) is 0 Å². The Bertz CT molecular complexity index is 877. The second-order valence-corrected chi connectivity index (χ2v) is 5.14. The molecule has 0 aliphatic rings. The van der Waals surface area contributed by atoms with Crippen molar-refractivity contribution in [2.45, 2.75) is 13.8 Å². The number of ether oxygens (including phenoxy) is 1. The number of carbonyl (C=O) groups is 1. The number of hydrogen-bond donors (Lipinski definition) is 0. The number of benzene rings is 1. The molecule has 3 aromatic rings. The van der Waals surface area contributed by atoms with Gasteiger partial charge in [-0.1, -0.05) is 24.3 Å². The average molecular weight is 307 g/mol. The van der Waals surface area contributed by atoms with Crippen LogP contribution >= 0.6 is 0 Å². The Morgan fingerprint density at radius 3 is 2.83 bits per heavy atom. The van der Waals surface area contributed by atoms with Crippen molar-refractivity contribution in [3.63, 3.8) is 0 Å². The molecule has 0 radical (unpaired) electrons. The van der Waals surface area contributed by atoms with Crippen LogP contribution in [0.25, 0.3) is 22.6 Å². The van der Waals surface area contributed by atoms with Gasteiger partial charge in [-0.15, -0.1) is 0 Å². The molecule has 116 valence electrons. The maximum Gasteiger partial charge on any atom is 0.374 e. The molecule has 0 saturated carbocycles. The number of para-hydroxylation sites is 1. The number of nitrogens with zero attached hydrogens (tertiary/aromatic N) is 1. The average Bonchev–Trinajstić information content (AvgIpc) is 3.03. The van der Waals surface area contributed by atoms with Gasteiger partial charge in [0.15, 0.2) is 0 Å². The van der Waals surface area contributed by atoms with Gasteiger partial charge in [-0.25, -0.2) is 9.78 Å². The van der Waals surface area contributed by atoms with Crippen molar-refractivity contribution in [2.75, 3.05) is 6.61 Å². The van der Waals surface area contributed by atoms with E-state index in [1.807, 2.05) is 49.4 Å². The summed E-state index contributed by atoms with van der Waals surface area (Å²) < 4.78 is 10.4. The van der Waals surface area contributed by atoms with E-state index < -0.39 is 5.97 Å². The van der Waals surface area contributed by atoms with Crippen molar-refractivity contribution >= 4 is 28.5 Å². The third-order valence-corrected chi connectivity index (χ3v) is 3.46. The molecule has 23 heavy (non-hydrogen) atoms. The third-order valence-electron chi connectivity index (χ3n) is 3.46. The van der Waals surface area contributed by atoms with Gasteiger partial charge in [0.1, 0.15) is 5.76 Å². The number of aromatic nitrogens is 1. The minimum atomic E-state index is -0.450. The van der Waals surface area contributed by atoms with Crippen LogP contribution in [0, 0.1) is 0 Å². The molecule has 0 fully saturated rings. The van der Waals surface area contributed by atoms with Crippen molar-refractivity contribution in [1.29, 1.82) is 0 Å². The number of pyridine rings is 1. The maximum atomic E-state index is 11.6. The first kappa shape index (κ1) is 15.0. The molecule has 0 spiro atoms. The zero-order valence-electron chi connectivity index (χ0n) is 13.1. The van der Waals surface area contributed by atoms with Gasteiger partial charge in [-0.3, -0.25) is 0 Å². The minimum absolute atomic E-state index is 0.206. The monoisotopic (exact) mass is 307 g/mol. The molecule has 1 aromatic carbocycles. The predicted molar refractivity (Wildman–Crippen MR) is 90.0 cm³/mol. The van der Waals surface area contributed by atoms with Gasteiger partial charge < -0.3 is 9.15 Å². The Morgan fingerprint density at radius 1 is 1.17 bits per heavy atom. The molecule has 0 N–H and O–H groups in total. The van der Waals surface area contributed by atoms with Gasteiger partial charge in [-0.05, 0) is 49.8 Å². The second-order valence-electron chi connectivity index (χ2n) is 5.14. The summed E-state index contributed by atoms with van der Waals surface area (Å²) in [5.74, 6) is 0.353. The first-order valence-electron chi connectivity index (χ1n) is 7.49. The van der Waals surface area contributed by atoms with Crippen LogP contribution in [-0.2, 0) is 4.74 Å². The fraction of sp³-hybridized carbons (Fsp3) is 0.158. The standard InChI is InChI=1S/C19H17NO3/c1-3-22-19(21)18-11-9-15(23-18)12-13(2)16-10-8-14-6-4-5-7-17(14)20-16/h4-12H,3H2,1-2H3/b13-12+. The summed E-state index contributed by atoms with van der Waals surface area (Å²) in [4.78, 5) is 16.3. The molecule has 0 bridgehead atoms. The highest BCUT2D eigenvalue weighted by Gasteiger charge is 2.11. The Hall–Kier alpha value is -2.88. The Morgan fingerprint density at radius 2 is 2.00 bits per heavy atom. The summed E-state index contributed by atoms with van der Waals surface area (Å²) in [5.41, 5.74) is 2.78. The molecular weight excluding hydrogens is 290 g/mol. The fourth-order valence-corrected chi connectivity index (χ4v) is 2.32. The van der Waals surface area contributed by atoms with Gasteiger partial charge in [0.25, 0.3) is 0 Å². The summed E-state index contributed by atoms with van der Waals surface area (Å²) in [7, 11) is 0. The van der Waals surface area contributed by atoms with E-state index in [9.17, 15) is 4.79 Å². The number of furan rings is 1. The topological polar surface area (TPSA) is 52.3 Å². The smallest absolute Gasteiger partial charge is 0.374 e. The molecule has 0 atom stereocenters. The van der Waals surface area contributed by atoms with E-state index in [4.69, 9.17) is 9.15 Å². The highest BCUT2D eigenvalue weighted by Crippen LogP contribution is 2.21. The normalized spacial score (nSPS) is 11.7. The van der Waals surface area contributed by atoms with E-state index in [0.717, 1.165) is 22.2 Å². The van der Waals surface area contributed by atoms with E-state index >= 15 is 0 Å². The van der Waals surface area contributed by atoms with Gasteiger partial charge in [-0.2, -0.15) is 0 Å². The molecule has 0 amide bonds. The van der Waals surface area contributed by atoms with Gasteiger partial charge in [0.2, 0.25) is 5.76 Å². The summed E-state index contributed by atoms with van der Waals surface area (Å²) in [6.45, 7) is 4.05. The highest BCUT2D eigenvalue weighted by atomic mass is 16.5. The van der Waals surface area contributed by atoms with Crippen LogP contribution in [0.15, 0.2) is 52.9 Å². The van der Waals surface area contributed by atoms with Crippen LogP contribution in [0.3, 0.4) is 0 Å². The quantitative estimate of drug-likeness (QED) is 0.663. The third kappa shape index (κ3) is 3.31. The molecule has 2 heterocycles. The number of carbonyl (C=O) groups excluding carboxylic acids is 1. The number of allylic oxidation sites excluding steroid dienone is 1. The van der Waals surface area contributed by atoms with Crippen molar-refractivity contribution < 1.29 is 13.9 Å². The molecule has 0 aliphatic carbocycles. The Kier molecular flexibility index (Phi) is 4.24. The number of rotatable bonds is 4. The Labute approximate surface area is 134 Å². The largest absolute Gasteiger partial charge is 0.460 e. The van der Waals surface area contributed by atoms with E-state index in [1.54, 1.807) is 19.1 Å². The van der Waals surface area contributed by atoms with Crippen molar-refractivity contribution in [3.8, 4) is 0 Å². The fourth-order valence-electron chi connectivity index (χ4n) is 2.32. The van der Waals surface area contributed by atoms with Gasteiger partial charge in [0, 0.05) is 5.39 Å². The Balaban J connectivity index is 1.87. The highest BCUT2D eigenvalue weighted by molar-refractivity contribution is 5.87. The lowest BCUT2D eigenvalue weighted by Crippen LogP contribution is -2.02. The zero-order valence-corrected chi connectivity index (χ0v) is 13.1. The van der Waals surface area contributed by atoms with E-state index in [0.29, 0.717) is 12.4 Å². The lowest BCUT2D eigenvalue weighted by atomic mass is 10.1. The van der Waals surface area contributed by atoms with Crippen molar-refractivity contribution in [2.24, 2.45) is 0 Å². The minimum Gasteiger partial charge on any atom is -0.460 e. The molecule has 2 aromatic heterocycles. The van der Waals surface area contributed by atoms with Gasteiger partial charge >= 0.3 is 5.97 Å². The van der Waals surface area contributed by atoms with E-state index in [-0.39, 0.29) is 5.76 Å². The van der Waals surface area contributed by atoms with Gasteiger partial charge in [0.05, 0.1) is 17.8 Å². The zero-order chi connectivity index (χ0) is 16.2. The summed E-state index contributed by atoms with van der Waals surface area (Å²) >= 11 is 0. The van der Waals surface area contributed by atoms with Crippen LogP contribution < -0.4 is 0 Å². The molecule has 4 nitrogen and oxygen atoms in total. The van der Waals surface area contributed by atoms with Crippen molar-refractivity contribution in [1.82, 2.24) is 4.98 Å². The SMILES string of the molecule is CCOC(=O)c1ccc(/C=C(\C)c2ccc3ccccc3n2)o1. The van der Waals surface area contributed by atoms with Crippen LogP contribution in [0.2, 0.25) is 0 Å².